The highest BCUT2D eigenvalue weighted by atomic mass is 16.5. The Kier molecular flexibility index (Phi) is 7.99. The molecule has 0 aliphatic carbocycles. The third kappa shape index (κ3) is 6.29. The molecule has 0 aliphatic rings. The first-order valence-electron chi connectivity index (χ1n) is 10.7. The topological polar surface area (TPSA) is 48.4 Å². The van der Waals surface area contributed by atoms with Gasteiger partial charge in [-0.25, -0.2) is 4.79 Å². The second kappa shape index (κ2) is 11.1. The van der Waals surface area contributed by atoms with Gasteiger partial charge in [-0.1, -0.05) is 63.1 Å². The number of nitrogens with zero attached hydrogens (tertiary/aromatic N) is 1. The van der Waals surface area contributed by atoms with Crippen molar-refractivity contribution < 1.29 is 14.3 Å². The zero-order chi connectivity index (χ0) is 22.1. The molecule has 0 N–H and O–H groups in total. The lowest BCUT2D eigenvalue weighted by Crippen LogP contribution is -2.08. The minimum absolute atomic E-state index is 0.357. The highest BCUT2D eigenvalue weighted by Crippen LogP contribution is 2.28. The molecule has 1 aromatic heterocycles. The van der Waals surface area contributed by atoms with E-state index in [4.69, 9.17) is 9.47 Å². The van der Waals surface area contributed by atoms with Crippen LogP contribution >= 0.6 is 0 Å². The van der Waals surface area contributed by atoms with Crippen molar-refractivity contribution in [1.82, 2.24) is 4.98 Å². The number of hydrogen-bond donors (Lipinski definition) is 0. The van der Waals surface area contributed by atoms with Crippen molar-refractivity contribution in [3.63, 3.8) is 0 Å². The third-order valence-corrected chi connectivity index (χ3v) is 4.92. The van der Waals surface area contributed by atoms with Crippen molar-refractivity contribution in [3.8, 4) is 11.5 Å². The summed E-state index contributed by atoms with van der Waals surface area (Å²) in [6, 6.07) is 15.5. The predicted molar refractivity (Wildman–Crippen MR) is 127 cm³/mol. The van der Waals surface area contributed by atoms with Crippen LogP contribution in [0.4, 0.5) is 0 Å². The van der Waals surface area contributed by atoms with Crippen molar-refractivity contribution in [3.05, 3.63) is 78.0 Å². The number of fused-ring (bicyclic) bond motifs is 1. The van der Waals surface area contributed by atoms with Gasteiger partial charge in [0.25, 0.3) is 0 Å². The average molecular weight is 416 g/mol. The van der Waals surface area contributed by atoms with Gasteiger partial charge in [-0.15, -0.1) is 0 Å². The molecule has 3 aromatic rings. The molecule has 4 nitrogen and oxygen atoms in total. The smallest absolute Gasteiger partial charge is 0.338 e. The zero-order valence-corrected chi connectivity index (χ0v) is 18.3. The van der Waals surface area contributed by atoms with Crippen LogP contribution in [0.3, 0.4) is 0 Å². The van der Waals surface area contributed by atoms with Crippen molar-refractivity contribution in [2.24, 2.45) is 0 Å². The summed E-state index contributed by atoms with van der Waals surface area (Å²) < 4.78 is 11.5. The summed E-state index contributed by atoms with van der Waals surface area (Å²) in [5, 5.41) is 1.09. The minimum atomic E-state index is -0.444. The first-order valence-corrected chi connectivity index (χ1v) is 10.7. The van der Waals surface area contributed by atoms with Crippen LogP contribution in [0.15, 0.2) is 66.9 Å². The summed E-state index contributed by atoms with van der Waals surface area (Å²) in [7, 11) is 0. The van der Waals surface area contributed by atoms with Gasteiger partial charge in [-0.05, 0) is 43.2 Å². The maximum Gasteiger partial charge on any atom is 0.338 e. The molecule has 0 amide bonds. The monoisotopic (exact) mass is 415 g/mol. The van der Waals surface area contributed by atoms with Crippen LogP contribution in [0, 0.1) is 0 Å². The van der Waals surface area contributed by atoms with Crippen molar-refractivity contribution in [1.29, 1.82) is 0 Å². The van der Waals surface area contributed by atoms with E-state index in [9.17, 15) is 4.79 Å². The van der Waals surface area contributed by atoms with E-state index >= 15 is 0 Å². The molecule has 0 aliphatic heterocycles. The van der Waals surface area contributed by atoms with E-state index in [0.29, 0.717) is 23.7 Å². The lowest BCUT2D eigenvalue weighted by Gasteiger charge is -2.12. The number of ether oxygens (including phenoxy) is 2. The normalized spacial score (nSPS) is 11.0. The number of rotatable bonds is 10. The molecule has 0 bridgehead atoms. The number of carbonyl (C=O) groups excluding carboxylic acids is 1. The standard InChI is InChI=1S/C27H29NO3/c1-4-5-6-9-18-30-26-19-23(31-27(29)20(2)3)15-14-22(26)13-12-21-16-17-28-25-11-8-7-10-24(21)25/h7-8,10-17,19H,2,4-6,9,18H2,1,3H3. The fourth-order valence-electron chi connectivity index (χ4n) is 3.19. The van der Waals surface area contributed by atoms with Crippen molar-refractivity contribution in [2.75, 3.05) is 6.61 Å². The predicted octanol–water partition coefficient (Wildman–Crippen LogP) is 6.85. The maximum atomic E-state index is 11.9. The lowest BCUT2D eigenvalue weighted by molar-refractivity contribution is -0.130. The third-order valence-electron chi connectivity index (χ3n) is 4.92. The maximum absolute atomic E-state index is 11.9. The van der Waals surface area contributed by atoms with Crippen LogP contribution in [0.5, 0.6) is 11.5 Å². The molecule has 1 heterocycles. The number of aromatic nitrogens is 1. The Morgan fingerprint density at radius 3 is 2.65 bits per heavy atom. The molecule has 0 atom stereocenters. The number of hydrogen-bond acceptors (Lipinski definition) is 4. The molecule has 0 saturated carbocycles. The Balaban J connectivity index is 1.85. The summed E-state index contributed by atoms with van der Waals surface area (Å²) in [6.07, 6.45) is 10.4. The van der Waals surface area contributed by atoms with Crippen LogP contribution in [0.1, 0.15) is 50.7 Å². The van der Waals surface area contributed by atoms with Crippen LogP contribution in [-0.2, 0) is 4.79 Å². The summed E-state index contributed by atoms with van der Waals surface area (Å²) >= 11 is 0. The number of carbonyl (C=O) groups is 1. The van der Waals surface area contributed by atoms with Gasteiger partial charge in [0, 0.05) is 28.8 Å². The van der Waals surface area contributed by atoms with E-state index < -0.39 is 5.97 Å². The molecule has 2 aromatic carbocycles. The van der Waals surface area contributed by atoms with Gasteiger partial charge in [0.2, 0.25) is 0 Å². The average Bonchev–Trinajstić information content (AvgIpc) is 2.78. The number of pyridine rings is 1. The van der Waals surface area contributed by atoms with Gasteiger partial charge in [-0.3, -0.25) is 4.98 Å². The molecule has 3 rings (SSSR count). The van der Waals surface area contributed by atoms with E-state index in [-0.39, 0.29) is 0 Å². The molecule has 31 heavy (non-hydrogen) atoms. The SMILES string of the molecule is C=C(C)C(=O)Oc1ccc(C=Cc2ccnc3ccccc23)c(OCCCCCC)c1. The van der Waals surface area contributed by atoms with Gasteiger partial charge in [-0.2, -0.15) is 0 Å². The highest BCUT2D eigenvalue weighted by Gasteiger charge is 2.09. The number of benzene rings is 2. The molecule has 0 saturated heterocycles. The zero-order valence-electron chi connectivity index (χ0n) is 18.3. The summed E-state index contributed by atoms with van der Waals surface area (Å²) in [5.41, 5.74) is 3.32. The van der Waals surface area contributed by atoms with E-state index in [1.54, 1.807) is 19.1 Å². The quantitative estimate of drug-likeness (QED) is 0.157. The van der Waals surface area contributed by atoms with Gasteiger partial charge in [0.15, 0.2) is 0 Å². The fraction of sp³-hybridized carbons (Fsp3) is 0.259. The fourth-order valence-corrected chi connectivity index (χ4v) is 3.19. The summed E-state index contributed by atoms with van der Waals surface area (Å²) in [4.78, 5) is 16.3. The first kappa shape index (κ1) is 22.3. The summed E-state index contributed by atoms with van der Waals surface area (Å²) in [6.45, 7) is 8.07. The first-order chi connectivity index (χ1) is 15.1. The molecule has 0 fully saturated rings. The van der Waals surface area contributed by atoms with Crippen LogP contribution < -0.4 is 9.47 Å². The number of esters is 1. The Hall–Kier alpha value is -3.40. The Morgan fingerprint density at radius 1 is 1.03 bits per heavy atom. The molecular formula is C27H29NO3. The van der Waals surface area contributed by atoms with Crippen LogP contribution in [0.25, 0.3) is 23.1 Å². The van der Waals surface area contributed by atoms with E-state index in [0.717, 1.165) is 34.9 Å². The summed E-state index contributed by atoms with van der Waals surface area (Å²) in [5.74, 6) is 0.696. The number of para-hydroxylation sites is 1. The molecular weight excluding hydrogens is 386 g/mol. The molecule has 4 heteroatoms. The Labute approximate surface area is 184 Å². The molecule has 0 unspecified atom stereocenters. The van der Waals surface area contributed by atoms with E-state index in [1.165, 1.54) is 12.8 Å². The van der Waals surface area contributed by atoms with E-state index in [1.807, 2.05) is 42.6 Å². The Morgan fingerprint density at radius 2 is 1.84 bits per heavy atom. The lowest BCUT2D eigenvalue weighted by atomic mass is 10.1. The van der Waals surface area contributed by atoms with Gasteiger partial charge >= 0.3 is 5.97 Å². The van der Waals surface area contributed by atoms with Crippen LogP contribution in [0.2, 0.25) is 0 Å². The van der Waals surface area contributed by atoms with Gasteiger partial charge in [0.1, 0.15) is 11.5 Å². The highest BCUT2D eigenvalue weighted by molar-refractivity contribution is 5.91. The number of unbranched alkanes of at least 4 members (excludes halogenated alkanes) is 3. The van der Waals surface area contributed by atoms with Crippen molar-refractivity contribution >= 4 is 29.0 Å². The molecule has 0 radical (unpaired) electrons. The molecule has 160 valence electrons. The second-order valence-electron chi connectivity index (χ2n) is 7.53. The van der Waals surface area contributed by atoms with Gasteiger partial charge in [0.05, 0.1) is 12.1 Å². The minimum Gasteiger partial charge on any atom is -0.493 e. The van der Waals surface area contributed by atoms with Crippen LogP contribution in [-0.4, -0.2) is 17.6 Å². The Bertz CT molecular complexity index is 1080. The van der Waals surface area contributed by atoms with E-state index in [2.05, 4.69) is 30.6 Å². The second-order valence-corrected chi connectivity index (χ2v) is 7.53. The van der Waals surface area contributed by atoms with Crippen molar-refractivity contribution in [2.45, 2.75) is 39.5 Å². The molecule has 0 spiro atoms. The van der Waals surface area contributed by atoms with Gasteiger partial charge < -0.3 is 9.47 Å². The largest absolute Gasteiger partial charge is 0.493 e.